The standard InChI is InChI=1S/C23H27ClFN3O3/c1-16(2)13-28(22(29)17-6-8-19(25)9-7-17)15-21-14-27(10-11-31-21)23(30)26-20-5-3-4-18(24)12-20/h3-9,12,16,21H,10-11,13-15H2,1-2H3,(H,26,30)/t21-/m1/s1. The largest absolute Gasteiger partial charge is 0.373 e. The number of anilines is 1. The lowest BCUT2D eigenvalue weighted by Crippen LogP contribution is -2.52. The predicted octanol–water partition coefficient (Wildman–Crippen LogP) is 4.51. The van der Waals surface area contributed by atoms with E-state index in [1.165, 1.54) is 24.3 Å². The van der Waals surface area contributed by atoms with Crippen molar-refractivity contribution in [3.63, 3.8) is 0 Å². The maximum Gasteiger partial charge on any atom is 0.322 e. The fourth-order valence-corrected chi connectivity index (χ4v) is 3.68. The van der Waals surface area contributed by atoms with Gasteiger partial charge in [-0.25, -0.2) is 9.18 Å². The monoisotopic (exact) mass is 447 g/mol. The Hall–Kier alpha value is -2.64. The number of ether oxygens (including phenoxy) is 1. The summed E-state index contributed by atoms with van der Waals surface area (Å²) in [5.41, 5.74) is 1.04. The maximum absolute atomic E-state index is 13.2. The van der Waals surface area contributed by atoms with Gasteiger partial charge in [-0.05, 0) is 48.4 Å². The van der Waals surface area contributed by atoms with Crippen LogP contribution in [0.1, 0.15) is 24.2 Å². The van der Waals surface area contributed by atoms with Crippen LogP contribution < -0.4 is 5.32 Å². The summed E-state index contributed by atoms with van der Waals surface area (Å²) in [7, 11) is 0. The van der Waals surface area contributed by atoms with Crippen LogP contribution in [0.2, 0.25) is 5.02 Å². The van der Waals surface area contributed by atoms with Gasteiger partial charge in [0.25, 0.3) is 5.91 Å². The van der Waals surface area contributed by atoms with Gasteiger partial charge in [0, 0.05) is 35.9 Å². The molecule has 0 unspecified atom stereocenters. The highest BCUT2D eigenvalue weighted by atomic mass is 35.5. The normalized spacial score (nSPS) is 16.3. The Bertz CT molecular complexity index is 907. The van der Waals surface area contributed by atoms with Crippen LogP contribution in [0.4, 0.5) is 14.9 Å². The number of nitrogens with zero attached hydrogens (tertiary/aromatic N) is 2. The summed E-state index contributed by atoms with van der Waals surface area (Å²) in [6.07, 6.45) is -0.318. The van der Waals surface area contributed by atoms with E-state index in [0.717, 1.165) is 0 Å². The topological polar surface area (TPSA) is 61.9 Å². The van der Waals surface area contributed by atoms with Gasteiger partial charge in [0.1, 0.15) is 5.82 Å². The van der Waals surface area contributed by atoms with Crippen molar-refractivity contribution in [3.05, 3.63) is 64.9 Å². The lowest BCUT2D eigenvalue weighted by atomic mass is 10.1. The second-order valence-corrected chi connectivity index (χ2v) is 8.43. The van der Waals surface area contributed by atoms with Crippen molar-refractivity contribution >= 4 is 29.2 Å². The van der Waals surface area contributed by atoms with E-state index >= 15 is 0 Å². The number of benzene rings is 2. The third-order valence-electron chi connectivity index (χ3n) is 4.89. The first kappa shape index (κ1) is 23.0. The SMILES string of the molecule is CC(C)CN(C[C@H]1CN(C(=O)Nc2cccc(Cl)c2)CCO1)C(=O)c1ccc(F)cc1. The Morgan fingerprint density at radius 2 is 2.00 bits per heavy atom. The molecule has 0 radical (unpaired) electrons. The molecule has 2 aromatic carbocycles. The highest BCUT2D eigenvalue weighted by Crippen LogP contribution is 2.17. The molecule has 1 aliphatic heterocycles. The van der Waals surface area contributed by atoms with Gasteiger partial charge in [0.05, 0.1) is 19.3 Å². The Kier molecular flexibility index (Phi) is 7.87. The molecular formula is C23H27ClFN3O3. The van der Waals surface area contributed by atoms with Crippen LogP contribution in [0.15, 0.2) is 48.5 Å². The maximum atomic E-state index is 13.2. The number of nitrogens with one attached hydrogen (secondary N) is 1. The van der Waals surface area contributed by atoms with Crippen molar-refractivity contribution in [2.45, 2.75) is 20.0 Å². The van der Waals surface area contributed by atoms with Crippen LogP contribution in [0.25, 0.3) is 0 Å². The quantitative estimate of drug-likeness (QED) is 0.708. The summed E-state index contributed by atoms with van der Waals surface area (Å²) in [5.74, 6) is -0.322. The first-order valence-corrected chi connectivity index (χ1v) is 10.7. The molecule has 8 heteroatoms. The lowest BCUT2D eigenvalue weighted by molar-refractivity contribution is -0.0272. The van der Waals surface area contributed by atoms with Gasteiger partial charge < -0.3 is 19.9 Å². The van der Waals surface area contributed by atoms with Crippen LogP contribution in [0, 0.1) is 11.7 Å². The van der Waals surface area contributed by atoms with Crippen molar-refractivity contribution in [1.82, 2.24) is 9.80 Å². The second kappa shape index (κ2) is 10.6. The summed E-state index contributed by atoms with van der Waals surface area (Å²) in [4.78, 5) is 29.1. The minimum Gasteiger partial charge on any atom is -0.373 e. The van der Waals surface area contributed by atoms with E-state index in [0.29, 0.717) is 49.1 Å². The van der Waals surface area contributed by atoms with Crippen molar-refractivity contribution in [2.75, 3.05) is 38.1 Å². The Morgan fingerprint density at radius 3 is 2.68 bits per heavy atom. The highest BCUT2D eigenvalue weighted by molar-refractivity contribution is 6.30. The molecule has 1 fully saturated rings. The summed E-state index contributed by atoms with van der Waals surface area (Å²) in [5, 5.41) is 3.39. The number of carbonyl (C=O) groups excluding carboxylic acids is 2. The molecule has 0 saturated carbocycles. The molecule has 2 aromatic rings. The molecule has 0 spiro atoms. The molecule has 1 N–H and O–H groups in total. The predicted molar refractivity (Wildman–Crippen MR) is 119 cm³/mol. The van der Waals surface area contributed by atoms with E-state index in [9.17, 15) is 14.0 Å². The number of hydrogen-bond acceptors (Lipinski definition) is 3. The molecule has 0 aromatic heterocycles. The van der Waals surface area contributed by atoms with E-state index in [-0.39, 0.29) is 29.8 Å². The Morgan fingerprint density at radius 1 is 1.26 bits per heavy atom. The number of rotatable bonds is 6. The zero-order valence-corrected chi connectivity index (χ0v) is 18.4. The van der Waals surface area contributed by atoms with E-state index in [1.807, 2.05) is 13.8 Å². The summed E-state index contributed by atoms with van der Waals surface area (Å²) < 4.78 is 19.1. The van der Waals surface area contributed by atoms with E-state index < -0.39 is 0 Å². The van der Waals surface area contributed by atoms with E-state index in [4.69, 9.17) is 16.3 Å². The van der Waals surface area contributed by atoms with E-state index in [1.54, 1.807) is 34.1 Å². The fraction of sp³-hybridized carbons (Fsp3) is 0.391. The molecular weight excluding hydrogens is 421 g/mol. The summed E-state index contributed by atoms with van der Waals surface area (Å²) in [6.45, 7) is 6.12. The van der Waals surface area contributed by atoms with Crippen LogP contribution >= 0.6 is 11.6 Å². The molecule has 3 amide bonds. The van der Waals surface area contributed by atoms with Gasteiger partial charge in [-0.15, -0.1) is 0 Å². The fourth-order valence-electron chi connectivity index (χ4n) is 3.49. The molecule has 6 nitrogen and oxygen atoms in total. The molecule has 3 rings (SSSR count). The minimum atomic E-state index is -0.385. The van der Waals surface area contributed by atoms with Crippen molar-refractivity contribution in [1.29, 1.82) is 0 Å². The van der Waals surface area contributed by atoms with Gasteiger partial charge in [-0.3, -0.25) is 4.79 Å². The van der Waals surface area contributed by atoms with Gasteiger partial charge in [-0.1, -0.05) is 31.5 Å². The van der Waals surface area contributed by atoms with Crippen LogP contribution in [-0.4, -0.2) is 60.6 Å². The van der Waals surface area contributed by atoms with Crippen molar-refractivity contribution in [2.24, 2.45) is 5.92 Å². The van der Waals surface area contributed by atoms with Crippen LogP contribution in [0.3, 0.4) is 0 Å². The number of halogens is 2. The van der Waals surface area contributed by atoms with E-state index in [2.05, 4.69) is 5.32 Å². The number of amides is 3. The third kappa shape index (κ3) is 6.67. The Labute approximate surface area is 186 Å². The van der Waals surface area contributed by atoms with Crippen molar-refractivity contribution < 1.29 is 18.7 Å². The highest BCUT2D eigenvalue weighted by Gasteiger charge is 2.28. The average Bonchev–Trinajstić information content (AvgIpc) is 2.73. The smallest absolute Gasteiger partial charge is 0.322 e. The van der Waals surface area contributed by atoms with Crippen LogP contribution in [0.5, 0.6) is 0 Å². The summed E-state index contributed by atoms with van der Waals surface area (Å²) >= 11 is 5.98. The molecule has 0 aliphatic carbocycles. The van der Waals surface area contributed by atoms with Gasteiger partial charge >= 0.3 is 6.03 Å². The first-order chi connectivity index (χ1) is 14.8. The molecule has 1 saturated heterocycles. The molecule has 1 heterocycles. The van der Waals surface area contributed by atoms with Crippen LogP contribution in [-0.2, 0) is 4.74 Å². The first-order valence-electron chi connectivity index (χ1n) is 10.3. The zero-order valence-electron chi connectivity index (χ0n) is 17.7. The molecule has 0 bridgehead atoms. The Balaban J connectivity index is 1.64. The molecule has 1 aliphatic rings. The van der Waals surface area contributed by atoms with Gasteiger partial charge in [0.15, 0.2) is 0 Å². The number of hydrogen-bond donors (Lipinski definition) is 1. The van der Waals surface area contributed by atoms with Crippen molar-refractivity contribution in [3.8, 4) is 0 Å². The number of urea groups is 1. The molecule has 1 atom stereocenters. The lowest BCUT2D eigenvalue weighted by Gasteiger charge is -2.36. The number of carbonyl (C=O) groups is 2. The zero-order chi connectivity index (χ0) is 22.4. The summed E-state index contributed by atoms with van der Waals surface area (Å²) in [6, 6.07) is 12.2. The second-order valence-electron chi connectivity index (χ2n) is 7.99. The van der Waals surface area contributed by atoms with Gasteiger partial charge in [0.2, 0.25) is 0 Å². The van der Waals surface area contributed by atoms with Gasteiger partial charge in [-0.2, -0.15) is 0 Å². The number of morpholine rings is 1. The minimum absolute atomic E-state index is 0.183. The average molecular weight is 448 g/mol. The molecule has 166 valence electrons. The molecule has 31 heavy (non-hydrogen) atoms. The third-order valence-corrected chi connectivity index (χ3v) is 5.12.